The predicted octanol–water partition coefficient (Wildman–Crippen LogP) is 3.99. The summed E-state index contributed by atoms with van der Waals surface area (Å²) >= 11 is 0. The van der Waals surface area contributed by atoms with Crippen LogP contribution >= 0.6 is 10.9 Å². The fraction of sp³-hybridized carbons (Fsp3) is 0.400. The number of ether oxygens (including phenoxy) is 1. The molecule has 2 N–H and O–H groups in total. The summed E-state index contributed by atoms with van der Waals surface area (Å²) in [5, 5.41) is 20.1. The van der Waals surface area contributed by atoms with Gasteiger partial charge in [-0.3, -0.25) is 0 Å². The molecule has 0 saturated carbocycles. The first-order chi connectivity index (χ1) is 12.5. The van der Waals surface area contributed by atoms with Gasteiger partial charge in [0, 0.05) is 6.61 Å². The van der Waals surface area contributed by atoms with Crippen LogP contribution in [0.25, 0.3) is 0 Å². The van der Waals surface area contributed by atoms with E-state index in [-0.39, 0.29) is 12.5 Å². The SMILES string of the molecule is CC(C)c1ccc(C(=O)OCCCCCO)cc1[SH]1C=CC=C1C(=O)O. The van der Waals surface area contributed by atoms with Gasteiger partial charge in [-0.05, 0) is 59.3 Å². The number of aliphatic hydroxyl groups is 1. The van der Waals surface area contributed by atoms with E-state index in [0.717, 1.165) is 16.9 Å². The molecule has 5 nitrogen and oxygen atoms in total. The van der Waals surface area contributed by atoms with E-state index in [4.69, 9.17) is 9.84 Å². The Morgan fingerprint density at radius 2 is 1.96 bits per heavy atom. The first-order valence-electron chi connectivity index (χ1n) is 8.78. The highest BCUT2D eigenvalue weighted by Gasteiger charge is 2.24. The van der Waals surface area contributed by atoms with Gasteiger partial charge >= 0.3 is 11.9 Å². The first-order valence-corrected chi connectivity index (χ1v) is 10.2. The van der Waals surface area contributed by atoms with Crippen molar-refractivity contribution in [2.24, 2.45) is 0 Å². The van der Waals surface area contributed by atoms with Gasteiger partial charge in [-0.2, -0.15) is 10.9 Å². The van der Waals surface area contributed by atoms with Crippen molar-refractivity contribution in [1.82, 2.24) is 0 Å². The number of thiol groups is 1. The summed E-state index contributed by atoms with van der Waals surface area (Å²) in [4.78, 5) is 25.1. The van der Waals surface area contributed by atoms with Gasteiger partial charge in [0.05, 0.1) is 17.1 Å². The van der Waals surface area contributed by atoms with Crippen LogP contribution in [0.5, 0.6) is 0 Å². The minimum Gasteiger partial charge on any atom is -0.477 e. The highest BCUT2D eigenvalue weighted by molar-refractivity contribution is 8.23. The molecule has 0 radical (unpaired) electrons. The summed E-state index contributed by atoms with van der Waals surface area (Å²) in [7, 11) is -1.11. The maximum Gasteiger partial charge on any atom is 0.341 e. The summed E-state index contributed by atoms with van der Waals surface area (Å²) in [6.45, 7) is 4.56. The average molecular weight is 378 g/mol. The van der Waals surface area contributed by atoms with Crippen LogP contribution in [0.1, 0.15) is 54.9 Å². The van der Waals surface area contributed by atoms with Crippen LogP contribution in [0.4, 0.5) is 0 Å². The molecule has 1 aliphatic heterocycles. The highest BCUT2D eigenvalue weighted by Crippen LogP contribution is 2.51. The number of carbonyl (C=O) groups excluding carboxylic acids is 1. The number of aliphatic carboxylic acids is 1. The van der Waals surface area contributed by atoms with Gasteiger partial charge in [0.2, 0.25) is 0 Å². The molecule has 1 unspecified atom stereocenters. The lowest BCUT2D eigenvalue weighted by molar-refractivity contribution is -0.131. The number of hydrogen-bond acceptors (Lipinski definition) is 4. The number of benzene rings is 1. The lowest BCUT2D eigenvalue weighted by Crippen LogP contribution is -2.08. The smallest absolute Gasteiger partial charge is 0.341 e. The molecule has 6 heteroatoms. The quantitative estimate of drug-likeness (QED) is 0.344. The number of unbranched alkanes of at least 4 members (excludes halogenated alkanes) is 2. The number of carboxylic acids is 1. The van der Waals surface area contributed by atoms with E-state index >= 15 is 0 Å². The van der Waals surface area contributed by atoms with Crippen LogP contribution in [-0.2, 0) is 9.53 Å². The van der Waals surface area contributed by atoms with Crippen LogP contribution < -0.4 is 0 Å². The minimum absolute atomic E-state index is 0.143. The van der Waals surface area contributed by atoms with E-state index in [1.54, 1.807) is 24.3 Å². The molecule has 2 rings (SSSR count). The summed E-state index contributed by atoms with van der Waals surface area (Å²) in [6, 6.07) is 5.42. The molecule has 0 amide bonds. The lowest BCUT2D eigenvalue weighted by atomic mass is 10.0. The van der Waals surface area contributed by atoms with Crippen molar-refractivity contribution in [1.29, 1.82) is 0 Å². The van der Waals surface area contributed by atoms with Gasteiger partial charge < -0.3 is 14.9 Å². The maximum absolute atomic E-state index is 12.3. The summed E-state index contributed by atoms with van der Waals surface area (Å²) in [5.74, 6) is -1.10. The van der Waals surface area contributed by atoms with Crippen molar-refractivity contribution in [3.8, 4) is 0 Å². The van der Waals surface area contributed by atoms with Crippen molar-refractivity contribution in [2.45, 2.75) is 43.9 Å². The topological polar surface area (TPSA) is 83.8 Å². The van der Waals surface area contributed by atoms with Crippen LogP contribution in [0.2, 0.25) is 0 Å². The Bertz CT molecular complexity index is 721. The minimum atomic E-state index is -1.11. The summed E-state index contributed by atoms with van der Waals surface area (Å²) in [5.41, 5.74) is 1.49. The second kappa shape index (κ2) is 9.59. The van der Waals surface area contributed by atoms with Crippen LogP contribution in [0.3, 0.4) is 0 Å². The molecule has 26 heavy (non-hydrogen) atoms. The third-order valence-corrected chi connectivity index (χ3v) is 6.39. The second-order valence-electron chi connectivity index (χ2n) is 6.42. The van der Waals surface area contributed by atoms with Crippen LogP contribution in [-0.4, -0.2) is 35.4 Å². The zero-order valence-corrected chi connectivity index (χ0v) is 16.0. The Morgan fingerprint density at radius 1 is 1.19 bits per heavy atom. The van der Waals surface area contributed by atoms with Crippen molar-refractivity contribution in [3.63, 3.8) is 0 Å². The summed E-state index contributed by atoms with van der Waals surface area (Å²) < 4.78 is 5.30. The molecule has 1 atom stereocenters. The van der Waals surface area contributed by atoms with Crippen LogP contribution in [0, 0.1) is 0 Å². The molecule has 142 valence electrons. The normalized spacial score (nSPS) is 17.4. The van der Waals surface area contributed by atoms with Crippen molar-refractivity contribution >= 4 is 22.8 Å². The van der Waals surface area contributed by atoms with E-state index in [9.17, 15) is 14.7 Å². The molecular formula is C20H26O5S. The largest absolute Gasteiger partial charge is 0.477 e. The van der Waals surface area contributed by atoms with Crippen LogP contribution in [0.15, 0.2) is 45.6 Å². The zero-order valence-electron chi connectivity index (χ0n) is 15.1. The van der Waals surface area contributed by atoms with Gasteiger partial charge in [0.15, 0.2) is 0 Å². The standard InChI is InChI=1S/C20H26O5S/c1-14(2)16-9-8-15(20(24)25-11-5-3-4-10-21)13-18(16)26-12-6-7-17(26)19(22)23/h6-9,12-14,21,26H,3-5,10-11H2,1-2H3,(H,22,23). The fourth-order valence-electron chi connectivity index (χ4n) is 2.77. The Balaban J connectivity index is 2.20. The van der Waals surface area contributed by atoms with Crippen molar-refractivity contribution in [3.05, 3.63) is 51.8 Å². The first kappa shape index (κ1) is 20.3. The number of carboxylic acid groups (broad SMARTS) is 1. The number of carbonyl (C=O) groups is 2. The van der Waals surface area contributed by atoms with E-state index in [2.05, 4.69) is 13.8 Å². The third-order valence-electron chi connectivity index (χ3n) is 4.15. The number of aliphatic hydroxyl groups excluding tert-OH is 1. The molecule has 1 aliphatic rings. The maximum atomic E-state index is 12.3. The van der Waals surface area contributed by atoms with Crippen molar-refractivity contribution < 1.29 is 24.5 Å². The number of rotatable bonds is 9. The van der Waals surface area contributed by atoms with E-state index in [0.29, 0.717) is 29.9 Å². The van der Waals surface area contributed by atoms with Gasteiger partial charge in [-0.25, -0.2) is 9.59 Å². The van der Waals surface area contributed by atoms with Gasteiger partial charge in [0.25, 0.3) is 0 Å². The lowest BCUT2D eigenvalue weighted by Gasteiger charge is -2.22. The average Bonchev–Trinajstić information content (AvgIpc) is 3.10. The third kappa shape index (κ3) is 4.99. The molecule has 1 heterocycles. The van der Waals surface area contributed by atoms with Gasteiger partial charge in [-0.15, -0.1) is 0 Å². The monoisotopic (exact) mass is 378 g/mol. The molecule has 0 fully saturated rings. The zero-order chi connectivity index (χ0) is 19.1. The van der Waals surface area contributed by atoms with Gasteiger partial charge in [-0.1, -0.05) is 26.0 Å². The Labute approximate surface area is 156 Å². The molecular weight excluding hydrogens is 352 g/mol. The molecule has 0 aliphatic carbocycles. The number of hydrogen-bond donors (Lipinski definition) is 3. The van der Waals surface area contributed by atoms with Crippen molar-refractivity contribution in [2.75, 3.05) is 13.2 Å². The fourth-order valence-corrected chi connectivity index (χ4v) is 4.95. The predicted molar refractivity (Wildman–Crippen MR) is 104 cm³/mol. The van der Waals surface area contributed by atoms with E-state index in [1.807, 2.05) is 11.5 Å². The van der Waals surface area contributed by atoms with E-state index in [1.165, 1.54) is 0 Å². The Morgan fingerprint density at radius 3 is 2.62 bits per heavy atom. The molecule has 0 spiro atoms. The molecule has 0 saturated heterocycles. The Kier molecular flexibility index (Phi) is 7.48. The summed E-state index contributed by atoms with van der Waals surface area (Å²) in [6.07, 6.45) is 5.62. The molecule has 0 aromatic heterocycles. The second-order valence-corrected chi connectivity index (χ2v) is 8.42. The number of allylic oxidation sites excluding steroid dienone is 2. The van der Waals surface area contributed by atoms with E-state index < -0.39 is 22.8 Å². The molecule has 1 aromatic carbocycles. The molecule has 1 aromatic rings. The Hall–Kier alpha value is -2.05. The molecule has 0 bridgehead atoms. The number of esters is 1. The highest BCUT2D eigenvalue weighted by atomic mass is 32.2. The van der Waals surface area contributed by atoms with Gasteiger partial charge in [0.1, 0.15) is 0 Å².